The van der Waals surface area contributed by atoms with Gasteiger partial charge in [0.1, 0.15) is 0 Å². The molecule has 2 aliphatic rings. The van der Waals surface area contributed by atoms with E-state index in [4.69, 9.17) is 0 Å². The van der Waals surface area contributed by atoms with E-state index in [9.17, 15) is 5.11 Å². The fourth-order valence-electron chi connectivity index (χ4n) is 2.89. The Morgan fingerprint density at radius 2 is 1.29 bits per heavy atom. The molecular formula is C11H22ClNO. The number of hydrogen-bond donors (Lipinski definition) is 2. The molecule has 84 valence electrons. The molecule has 0 atom stereocenters. The van der Waals surface area contributed by atoms with Gasteiger partial charge < -0.3 is 10.4 Å². The molecule has 0 unspecified atom stereocenters. The number of halogens is 1. The zero-order valence-corrected chi connectivity index (χ0v) is 9.56. The topological polar surface area (TPSA) is 32.3 Å². The monoisotopic (exact) mass is 219 g/mol. The minimum atomic E-state index is 0. The van der Waals surface area contributed by atoms with Crippen LogP contribution in [0.15, 0.2) is 0 Å². The highest BCUT2D eigenvalue weighted by Crippen LogP contribution is 2.34. The van der Waals surface area contributed by atoms with Gasteiger partial charge in [-0.1, -0.05) is 0 Å². The molecule has 3 heteroatoms. The fourth-order valence-corrected chi connectivity index (χ4v) is 2.89. The third-order valence-electron chi connectivity index (χ3n) is 3.79. The molecule has 1 saturated carbocycles. The summed E-state index contributed by atoms with van der Waals surface area (Å²) in [5, 5.41) is 12.8. The number of rotatable bonds is 1. The quantitative estimate of drug-likeness (QED) is 0.707. The van der Waals surface area contributed by atoms with E-state index in [1.165, 1.54) is 38.8 Å². The lowest BCUT2D eigenvalue weighted by Crippen LogP contribution is -2.33. The second-order valence-electron chi connectivity index (χ2n) is 4.66. The molecule has 14 heavy (non-hydrogen) atoms. The van der Waals surface area contributed by atoms with Crippen molar-refractivity contribution in [3.05, 3.63) is 0 Å². The van der Waals surface area contributed by atoms with Crippen LogP contribution in [0.2, 0.25) is 0 Å². The summed E-state index contributed by atoms with van der Waals surface area (Å²) in [4.78, 5) is 0. The number of aliphatic hydroxyl groups is 1. The molecule has 0 amide bonds. The average molecular weight is 220 g/mol. The Balaban J connectivity index is 0.000000980. The highest BCUT2D eigenvalue weighted by atomic mass is 35.5. The van der Waals surface area contributed by atoms with Gasteiger partial charge >= 0.3 is 0 Å². The molecule has 0 spiro atoms. The summed E-state index contributed by atoms with van der Waals surface area (Å²) >= 11 is 0. The van der Waals surface area contributed by atoms with Crippen LogP contribution in [-0.4, -0.2) is 24.3 Å². The first-order valence-corrected chi connectivity index (χ1v) is 5.75. The highest BCUT2D eigenvalue weighted by molar-refractivity contribution is 5.85. The maximum Gasteiger partial charge on any atom is 0.0540 e. The van der Waals surface area contributed by atoms with Crippen molar-refractivity contribution in [1.29, 1.82) is 0 Å². The van der Waals surface area contributed by atoms with E-state index in [2.05, 4.69) is 5.32 Å². The summed E-state index contributed by atoms with van der Waals surface area (Å²) in [5.41, 5.74) is 0. The van der Waals surface area contributed by atoms with E-state index in [1.54, 1.807) is 0 Å². The van der Waals surface area contributed by atoms with Crippen molar-refractivity contribution < 1.29 is 5.11 Å². The van der Waals surface area contributed by atoms with Crippen LogP contribution >= 0.6 is 12.4 Å². The van der Waals surface area contributed by atoms with Crippen LogP contribution in [-0.2, 0) is 0 Å². The Labute approximate surface area is 92.9 Å². The van der Waals surface area contributed by atoms with E-state index < -0.39 is 0 Å². The standard InChI is InChI=1S/C11H21NO.ClH/c13-11-3-1-9(2-4-11)10-5-7-12-8-6-10;/h9-13H,1-8H2;1H. The molecule has 0 bridgehead atoms. The Morgan fingerprint density at radius 1 is 0.786 bits per heavy atom. The molecule has 2 nitrogen and oxygen atoms in total. The minimum absolute atomic E-state index is 0. The van der Waals surface area contributed by atoms with E-state index in [-0.39, 0.29) is 18.5 Å². The Bertz CT molecular complexity index is 151. The lowest BCUT2D eigenvalue weighted by atomic mass is 9.75. The molecule has 1 aliphatic heterocycles. The van der Waals surface area contributed by atoms with Gasteiger partial charge in [0.15, 0.2) is 0 Å². The third-order valence-corrected chi connectivity index (χ3v) is 3.79. The first kappa shape index (κ1) is 12.3. The predicted molar refractivity (Wildman–Crippen MR) is 60.8 cm³/mol. The fraction of sp³-hybridized carbons (Fsp3) is 1.00. The maximum atomic E-state index is 9.41. The summed E-state index contributed by atoms with van der Waals surface area (Å²) in [6.45, 7) is 2.42. The average Bonchev–Trinajstić information content (AvgIpc) is 2.20. The van der Waals surface area contributed by atoms with E-state index in [0.717, 1.165) is 24.7 Å². The number of hydrogen-bond acceptors (Lipinski definition) is 2. The SMILES string of the molecule is Cl.OC1CCC(C2CCNCC2)CC1. The molecule has 1 aliphatic carbocycles. The van der Waals surface area contributed by atoms with Crippen LogP contribution in [0, 0.1) is 11.8 Å². The van der Waals surface area contributed by atoms with Crippen molar-refractivity contribution in [2.24, 2.45) is 11.8 Å². The second kappa shape index (κ2) is 5.94. The molecule has 0 aromatic carbocycles. The molecule has 2 N–H and O–H groups in total. The van der Waals surface area contributed by atoms with E-state index in [0.29, 0.717) is 0 Å². The maximum absolute atomic E-state index is 9.41. The number of nitrogens with one attached hydrogen (secondary N) is 1. The van der Waals surface area contributed by atoms with Gasteiger partial charge in [0.05, 0.1) is 6.10 Å². The van der Waals surface area contributed by atoms with Gasteiger partial charge in [-0.05, 0) is 63.5 Å². The zero-order valence-electron chi connectivity index (χ0n) is 8.74. The Hall–Kier alpha value is 0.210. The molecule has 0 aromatic rings. The van der Waals surface area contributed by atoms with Crippen LogP contribution in [0.3, 0.4) is 0 Å². The van der Waals surface area contributed by atoms with Crippen LogP contribution in [0.25, 0.3) is 0 Å². The van der Waals surface area contributed by atoms with Crippen molar-refractivity contribution in [3.63, 3.8) is 0 Å². The third kappa shape index (κ3) is 3.11. The first-order valence-electron chi connectivity index (χ1n) is 5.75. The molecular weight excluding hydrogens is 198 g/mol. The van der Waals surface area contributed by atoms with Crippen LogP contribution in [0.5, 0.6) is 0 Å². The summed E-state index contributed by atoms with van der Waals surface area (Å²) in [5.74, 6) is 1.87. The summed E-state index contributed by atoms with van der Waals surface area (Å²) in [6, 6.07) is 0. The van der Waals surface area contributed by atoms with Crippen molar-refractivity contribution >= 4 is 12.4 Å². The Morgan fingerprint density at radius 3 is 1.86 bits per heavy atom. The molecule has 0 aromatic heterocycles. The highest BCUT2D eigenvalue weighted by Gasteiger charge is 2.27. The Kier molecular flexibility index (Phi) is 5.21. The molecule has 1 saturated heterocycles. The lowest BCUT2D eigenvalue weighted by molar-refractivity contribution is 0.0839. The predicted octanol–water partition coefficient (Wildman–Crippen LogP) is 1.96. The van der Waals surface area contributed by atoms with Crippen molar-refractivity contribution in [2.45, 2.75) is 44.6 Å². The van der Waals surface area contributed by atoms with Gasteiger partial charge in [0.2, 0.25) is 0 Å². The van der Waals surface area contributed by atoms with Gasteiger partial charge in [-0.25, -0.2) is 0 Å². The molecule has 2 fully saturated rings. The van der Waals surface area contributed by atoms with Gasteiger partial charge in [-0.15, -0.1) is 12.4 Å². The van der Waals surface area contributed by atoms with Gasteiger partial charge in [0, 0.05) is 0 Å². The van der Waals surface area contributed by atoms with Gasteiger partial charge in [0.25, 0.3) is 0 Å². The van der Waals surface area contributed by atoms with E-state index >= 15 is 0 Å². The van der Waals surface area contributed by atoms with Crippen LogP contribution < -0.4 is 5.32 Å². The first-order chi connectivity index (χ1) is 6.36. The second-order valence-corrected chi connectivity index (χ2v) is 4.66. The van der Waals surface area contributed by atoms with Crippen molar-refractivity contribution in [2.75, 3.05) is 13.1 Å². The summed E-state index contributed by atoms with van der Waals surface area (Å²) < 4.78 is 0. The summed E-state index contributed by atoms with van der Waals surface area (Å²) in [7, 11) is 0. The number of aliphatic hydroxyl groups excluding tert-OH is 1. The van der Waals surface area contributed by atoms with Crippen LogP contribution in [0.1, 0.15) is 38.5 Å². The number of piperidine rings is 1. The smallest absolute Gasteiger partial charge is 0.0540 e. The molecule has 1 heterocycles. The molecule has 2 rings (SSSR count). The molecule has 0 radical (unpaired) electrons. The largest absolute Gasteiger partial charge is 0.393 e. The lowest BCUT2D eigenvalue weighted by Gasteiger charge is -2.34. The van der Waals surface area contributed by atoms with Crippen molar-refractivity contribution in [1.82, 2.24) is 5.32 Å². The van der Waals surface area contributed by atoms with Crippen LogP contribution in [0.4, 0.5) is 0 Å². The van der Waals surface area contributed by atoms with E-state index in [1.807, 2.05) is 0 Å². The minimum Gasteiger partial charge on any atom is -0.393 e. The normalized spacial score (nSPS) is 34.9. The zero-order chi connectivity index (χ0) is 9.10. The van der Waals surface area contributed by atoms with Gasteiger partial charge in [-0.2, -0.15) is 0 Å². The van der Waals surface area contributed by atoms with Gasteiger partial charge in [-0.3, -0.25) is 0 Å². The summed E-state index contributed by atoms with van der Waals surface area (Å²) in [6.07, 6.45) is 7.38. The van der Waals surface area contributed by atoms with Crippen molar-refractivity contribution in [3.8, 4) is 0 Å².